The molecule has 30 heavy (non-hydrogen) atoms. The minimum absolute atomic E-state index is 0. The molecule has 1 aromatic rings. The summed E-state index contributed by atoms with van der Waals surface area (Å²) in [6, 6.07) is 8.83. The molecular formula is C27H52N2O. The molecule has 1 saturated heterocycles. The highest BCUT2D eigenvalue weighted by molar-refractivity contribution is 5.69. The highest BCUT2D eigenvalue weighted by Gasteiger charge is 2.33. The summed E-state index contributed by atoms with van der Waals surface area (Å²) in [5.41, 5.74) is 10.4. The standard InChI is InChI=1S/C15H20.C6H15N.C4H9NO.2CH4/c1-4-15(5-2)11-10-12(3)13-8-6-7-9-14(13)15;1-6(2,3)4-5-7;6-4-1-2-5-3-4;;/h6-9H,3-5,10-11H2,1-2H3;4-5,7H2,1-3H3;4-6H,1-3H2;2*1H4. The van der Waals surface area contributed by atoms with Crippen molar-refractivity contribution in [1.82, 2.24) is 5.32 Å². The Morgan fingerprint density at radius 3 is 2.13 bits per heavy atom. The fourth-order valence-electron chi connectivity index (χ4n) is 3.97. The minimum Gasteiger partial charge on any atom is -0.392 e. The number of rotatable bonds is 3. The van der Waals surface area contributed by atoms with E-state index in [1.54, 1.807) is 0 Å². The molecule has 2 aliphatic rings. The molecule has 1 fully saturated rings. The summed E-state index contributed by atoms with van der Waals surface area (Å²) >= 11 is 0. The van der Waals surface area contributed by atoms with Gasteiger partial charge >= 0.3 is 0 Å². The van der Waals surface area contributed by atoms with Crippen molar-refractivity contribution >= 4 is 5.57 Å². The summed E-state index contributed by atoms with van der Waals surface area (Å²) in [5.74, 6) is 0. The first kappa shape index (κ1) is 31.0. The van der Waals surface area contributed by atoms with Crippen LogP contribution in [-0.4, -0.2) is 30.8 Å². The number of aliphatic hydroxyl groups excluding tert-OH is 1. The molecule has 0 spiro atoms. The van der Waals surface area contributed by atoms with E-state index in [0.717, 1.165) is 32.5 Å². The van der Waals surface area contributed by atoms with Crippen LogP contribution < -0.4 is 11.1 Å². The van der Waals surface area contributed by atoms with Crippen LogP contribution in [-0.2, 0) is 5.41 Å². The average Bonchev–Trinajstić information content (AvgIpc) is 3.14. The first-order chi connectivity index (χ1) is 13.2. The minimum atomic E-state index is -0.0648. The fourth-order valence-corrected chi connectivity index (χ4v) is 3.97. The van der Waals surface area contributed by atoms with E-state index in [9.17, 15) is 0 Å². The number of hydrogen-bond donors (Lipinski definition) is 3. The van der Waals surface area contributed by atoms with Crippen molar-refractivity contribution in [3.63, 3.8) is 0 Å². The highest BCUT2D eigenvalue weighted by atomic mass is 16.3. The van der Waals surface area contributed by atoms with Crippen LogP contribution in [0, 0.1) is 5.41 Å². The maximum Gasteiger partial charge on any atom is 0.0676 e. The smallest absolute Gasteiger partial charge is 0.0676 e. The van der Waals surface area contributed by atoms with Gasteiger partial charge in [0.2, 0.25) is 0 Å². The van der Waals surface area contributed by atoms with Crippen LogP contribution in [0.1, 0.15) is 99.1 Å². The lowest BCUT2D eigenvalue weighted by atomic mass is 9.66. The van der Waals surface area contributed by atoms with Gasteiger partial charge in [0.25, 0.3) is 0 Å². The zero-order valence-corrected chi connectivity index (χ0v) is 19.0. The Bertz CT molecular complexity index is 579. The molecule has 1 unspecified atom stereocenters. The van der Waals surface area contributed by atoms with Crippen molar-refractivity contribution in [1.29, 1.82) is 0 Å². The number of nitrogens with two attached hydrogens (primary N) is 1. The van der Waals surface area contributed by atoms with Gasteiger partial charge in [-0.25, -0.2) is 0 Å². The molecule has 0 amide bonds. The van der Waals surface area contributed by atoms with E-state index in [4.69, 9.17) is 10.8 Å². The Kier molecular flexibility index (Phi) is 15.3. The van der Waals surface area contributed by atoms with Crippen LogP contribution >= 0.6 is 0 Å². The lowest BCUT2D eigenvalue weighted by Crippen LogP contribution is -2.28. The van der Waals surface area contributed by atoms with Gasteiger partial charge in [0, 0.05) is 6.54 Å². The Morgan fingerprint density at radius 2 is 1.77 bits per heavy atom. The Hall–Kier alpha value is -1.16. The van der Waals surface area contributed by atoms with Gasteiger partial charge in [-0.05, 0) is 79.1 Å². The van der Waals surface area contributed by atoms with E-state index in [1.807, 2.05) is 0 Å². The van der Waals surface area contributed by atoms with Crippen LogP contribution in [0.15, 0.2) is 30.8 Å². The van der Waals surface area contributed by atoms with Gasteiger partial charge in [-0.15, -0.1) is 0 Å². The van der Waals surface area contributed by atoms with E-state index in [2.05, 4.69) is 70.8 Å². The number of nitrogens with one attached hydrogen (secondary N) is 1. The molecule has 1 aliphatic heterocycles. The van der Waals surface area contributed by atoms with Gasteiger partial charge in [-0.1, -0.05) is 80.3 Å². The van der Waals surface area contributed by atoms with Crippen molar-refractivity contribution in [2.45, 2.75) is 99.5 Å². The van der Waals surface area contributed by atoms with Crippen LogP contribution in [0.2, 0.25) is 0 Å². The lowest BCUT2D eigenvalue weighted by molar-refractivity contribution is 0.196. The maximum atomic E-state index is 8.67. The van der Waals surface area contributed by atoms with E-state index in [1.165, 1.54) is 42.4 Å². The molecule has 0 bridgehead atoms. The SMILES string of the molecule is C.C.C=C1CCC(CC)(CC)c2ccccc21.CC(C)(C)CCN.OC1CCNC1. The third kappa shape index (κ3) is 9.76. The van der Waals surface area contributed by atoms with Gasteiger partial charge in [-0.3, -0.25) is 0 Å². The average molecular weight is 421 g/mol. The van der Waals surface area contributed by atoms with Gasteiger partial charge in [-0.2, -0.15) is 0 Å². The third-order valence-electron chi connectivity index (χ3n) is 6.07. The van der Waals surface area contributed by atoms with Gasteiger partial charge in [0.1, 0.15) is 0 Å². The highest BCUT2D eigenvalue weighted by Crippen LogP contribution is 2.45. The fraction of sp³-hybridized carbons (Fsp3) is 0.704. The van der Waals surface area contributed by atoms with Gasteiger partial charge in [0.15, 0.2) is 0 Å². The van der Waals surface area contributed by atoms with Crippen molar-refractivity contribution in [2.24, 2.45) is 11.1 Å². The zero-order chi connectivity index (χ0) is 21.2. The molecule has 1 aliphatic carbocycles. The predicted octanol–water partition coefficient (Wildman–Crippen LogP) is 6.55. The molecule has 0 saturated carbocycles. The number of aliphatic hydroxyl groups is 1. The maximum absolute atomic E-state index is 8.67. The summed E-state index contributed by atoms with van der Waals surface area (Å²) in [6.07, 6.45) is 6.91. The largest absolute Gasteiger partial charge is 0.392 e. The predicted molar refractivity (Wildman–Crippen MR) is 137 cm³/mol. The Labute approximate surface area is 188 Å². The van der Waals surface area contributed by atoms with E-state index < -0.39 is 0 Å². The first-order valence-electron chi connectivity index (χ1n) is 11.1. The molecule has 1 atom stereocenters. The number of allylic oxidation sites excluding steroid dienone is 1. The second kappa shape index (κ2) is 14.8. The van der Waals surface area contributed by atoms with Crippen molar-refractivity contribution in [3.8, 4) is 0 Å². The normalized spacial score (nSPS) is 19.0. The molecule has 3 heteroatoms. The van der Waals surface area contributed by atoms with Gasteiger partial charge < -0.3 is 16.2 Å². The number of benzene rings is 1. The molecule has 176 valence electrons. The molecule has 3 rings (SSSR count). The first-order valence-corrected chi connectivity index (χ1v) is 11.1. The van der Waals surface area contributed by atoms with Crippen molar-refractivity contribution < 1.29 is 5.11 Å². The Balaban J connectivity index is 0. The molecule has 4 N–H and O–H groups in total. The summed E-state index contributed by atoms with van der Waals surface area (Å²) in [6.45, 7) is 18.0. The topological polar surface area (TPSA) is 58.3 Å². The van der Waals surface area contributed by atoms with E-state index in [0.29, 0.717) is 10.8 Å². The van der Waals surface area contributed by atoms with E-state index >= 15 is 0 Å². The van der Waals surface area contributed by atoms with Gasteiger partial charge in [0.05, 0.1) is 6.10 Å². The van der Waals surface area contributed by atoms with E-state index in [-0.39, 0.29) is 21.0 Å². The monoisotopic (exact) mass is 420 g/mol. The molecule has 0 aromatic heterocycles. The molecule has 1 aromatic carbocycles. The van der Waals surface area contributed by atoms with Crippen LogP contribution in [0.25, 0.3) is 5.57 Å². The quantitative estimate of drug-likeness (QED) is 0.520. The van der Waals surface area contributed by atoms with Crippen molar-refractivity contribution in [2.75, 3.05) is 19.6 Å². The molecular weight excluding hydrogens is 368 g/mol. The second-order valence-electron chi connectivity index (χ2n) is 9.38. The second-order valence-corrected chi connectivity index (χ2v) is 9.38. The van der Waals surface area contributed by atoms with Crippen molar-refractivity contribution in [3.05, 3.63) is 42.0 Å². The summed E-state index contributed by atoms with van der Waals surface area (Å²) in [4.78, 5) is 0. The number of hydrogen-bond acceptors (Lipinski definition) is 3. The lowest BCUT2D eigenvalue weighted by Gasteiger charge is -2.38. The molecule has 1 heterocycles. The zero-order valence-electron chi connectivity index (χ0n) is 19.0. The molecule has 3 nitrogen and oxygen atoms in total. The summed E-state index contributed by atoms with van der Waals surface area (Å²) < 4.78 is 0. The molecule has 0 radical (unpaired) electrons. The summed E-state index contributed by atoms with van der Waals surface area (Å²) in [5, 5.41) is 11.7. The number of fused-ring (bicyclic) bond motifs is 1. The van der Waals surface area contributed by atoms with Crippen LogP contribution in [0.3, 0.4) is 0 Å². The van der Waals surface area contributed by atoms with Crippen LogP contribution in [0.5, 0.6) is 0 Å². The summed E-state index contributed by atoms with van der Waals surface area (Å²) in [7, 11) is 0. The Morgan fingerprint density at radius 1 is 1.17 bits per heavy atom. The van der Waals surface area contributed by atoms with Crippen LogP contribution in [0.4, 0.5) is 0 Å². The number of β-amino-alcohol motifs (C(OH)–C–C–N with tert-alkyl or cyclic N) is 1. The third-order valence-corrected chi connectivity index (χ3v) is 6.07.